The topological polar surface area (TPSA) is 75.6 Å². The summed E-state index contributed by atoms with van der Waals surface area (Å²) in [6.45, 7) is 2.46. The number of benzene rings is 1. The molecule has 2 heterocycles. The summed E-state index contributed by atoms with van der Waals surface area (Å²) in [5, 5.41) is 7.26. The number of nitrogens with zero attached hydrogens (tertiary/aromatic N) is 3. The highest BCUT2D eigenvalue weighted by molar-refractivity contribution is 5.28. The first kappa shape index (κ1) is 15.9. The van der Waals surface area contributed by atoms with Crippen molar-refractivity contribution < 1.29 is 4.39 Å². The monoisotopic (exact) mass is 327 g/mol. The Bertz CT molecular complexity index is 842. The molecule has 1 unspecified atom stereocenters. The number of hydrogen-bond donors (Lipinski definition) is 2. The zero-order valence-corrected chi connectivity index (χ0v) is 13.2. The Morgan fingerprint density at radius 1 is 1.33 bits per heavy atom. The van der Waals surface area contributed by atoms with Gasteiger partial charge in [0.1, 0.15) is 5.82 Å². The molecule has 0 aliphatic rings. The number of H-pyrrole nitrogens is 1. The van der Waals surface area contributed by atoms with E-state index in [-0.39, 0.29) is 17.4 Å². The average Bonchev–Trinajstić information content (AvgIpc) is 3.08. The minimum absolute atomic E-state index is 0.0965. The van der Waals surface area contributed by atoms with E-state index >= 15 is 0 Å². The molecular weight excluding hydrogens is 309 g/mol. The Morgan fingerprint density at radius 2 is 2.12 bits per heavy atom. The number of aromatic nitrogens is 4. The SMILES string of the molecule is CC(Cc1cc(=O)[nH]c(NCc2ccc(F)cc2)n1)n1cccn1. The van der Waals surface area contributed by atoms with Crippen LogP contribution in [0.1, 0.15) is 24.2 Å². The lowest BCUT2D eigenvalue weighted by atomic mass is 10.2. The van der Waals surface area contributed by atoms with Crippen LogP contribution >= 0.6 is 0 Å². The Kier molecular flexibility index (Phi) is 4.69. The minimum atomic E-state index is -0.278. The van der Waals surface area contributed by atoms with E-state index in [1.54, 1.807) is 18.3 Å². The van der Waals surface area contributed by atoms with E-state index in [4.69, 9.17) is 0 Å². The standard InChI is InChI=1S/C17H18FN5O/c1-12(23-8-2-7-20-23)9-15-10-16(24)22-17(21-15)19-11-13-3-5-14(18)6-4-13/h2-8,10,12H,9,11H2,1H3,(H2,19,21,22,24). The summed E-state index contributed by atoms with van der Waals surface area (Å²) in [6.07, 6.45) is 4.19. The van der Waals surface area contributed by atoms with E-state index < -0.39 is 0 Å². The summed E-state index contributed by atoms with van der Waals surface area (Å²) in [5.74, 6) is 0.120. The zero-order valence-electron chi connectivity index (χ0n) is 13.2. The average molecular weight is 327 g/mol. The second-order valence-corrected chi connectivity index (χ2v) is 5.60. The summed E-state index contributed by atoms with van der Waals surface area (Å²) in [6, 6.07) is 9.61. The van der Waals surface area contributed by atoms with Crippen LogP contribution in [0, 0.1) is 5.82 Å². The van der Waals surface area contributed by atoms with Crippen LogP contribution < -0.4 is 10.9 Å². The highest BCUT2D eigenvalue weighted by atomic mass is 19.1. The van der Waals surface area contributed by atoms with Crippen molar-refractivity contribution in [2.75, 3.05) is 5.32 Å². The maximum absolute atomic E-state index is 12.9. The van der Waals surface area contributed by atoms with Gasteiger partial charge in [-0.1, -0.05) is 12.1 Å². The molecule has 1 atom stereocenters. The number of hydrogen-bond acceptors (Lipinski definition) is 4. The molecular formula is C17H18FN5O. The molecule has 0 aliphatic carbocycles. The van der Waals surface area contributed by atoms with Crippen LogP contribution in [0.2, 0.25) is 0 Å². The van der Waals surface area contributed by atoms with Gasteiger partial charge in [0.25, 0.3) is 5.56 Å². The minimum Gasteiger partial charge on any atom is -0.352 e. The molecule has 2 N–H and O–H groups in total. The highest BCUT2D eigenvalue weighted by Gasteiger charge is 2.09. The predicted octanol–water partition coefficient (Wildman–Crippen LogP) is 2.52. The molecule has 3 aromatic rings. The van der Waals surface area contributed by atoms with Gasteiger partial charge in [0, 0.05) is 31.4 Å². The van der Waals surface area contributed by atoms with E-state index in [9.17, 15) is 9.18 Å². The molecule has 0 saturated heterocycles. The van der Waals surface area contributed by atoms with E-state index in [0.29, 0.717) is 24.6 Å². The van der Waals surface area contributed by atoms with Gasteiger partial charge in [0.2, 0.25) is 5.95 Å². The molecule has 0 radical (unpaired) electrons. The van der Waals surface area contributed by atoms with E-state index in [1.807, 2.05) is 23.9 Å². The van der Waals surface area contributed by atoms with Crippen LogP contribution in [0.3, 0.4) is 0 Å². The molecule has 2 aromatic heterocycles. The first-order valence-corrected chi connectivity index (χ1v) is 7.68. The van der Waals surface area contributed by atoms with Crippen LogP contribution in [0.15, 0.2) is 53.6 Å². The molecule has 0 saturated carbocycles. The number of rotatable bonds is 6. The summed E-state index contributed by atoms with van der Waals surface area (Å²) < 4.78 is 14.7. The second-order valence-electron chi connectivity index (χ2n) is 5.60. The third-order valence-corrected chi connectivity index (χ3v) is 3.65. The molecule has 7 heteroatoms. The van der Waals surface area contributed by atoms with Crippen molar-refractivity contribution in [2.45, 2.75) is 25.9 Å². The lowest BCUT2D eigenvalue weighted by molar-refractivity contribution is 0.484. The molecule has 3 rings (SSSR count). The van der Waals surface area contributed by atoms with Crippen molar-refractivity contribution in [1.29, 1.82) is 0 Å². The summed E-state index contributed by atoms with van der Waals surface area (Å²) in [4.78, 5) is 18.9. The van der Waals surface area contributed by atoms with Gasteiger partial charge in [-0.15, -0.1) is 0 Å². The van der Waals surface area contributed by atoms with Crippen molar-refractivity contribution in [3.63, 3.8) is 0 Å². The number of nitrogens with one attached hydrogen (secondary N) is 2. The van der Waals surface area contributed by atoms with Gasteiger partial charge in [-0.05, 0) is 30.7 Å². The van der Waals surface area contributed by atoms with Crippen molar-refractivity contribution in [3.05, 3.63) is 76.2 Å². The molecule has 124 valence electrons. The fraction of sp³-hybridized carbons (Fsp3) is 0.235. The van der Waals surface area contributed by atoms with Crippen molar-refractivity contribution >= 4 is 5.95 Å². The molecule has 0 bridgehead atoms. The highest BCUT2D eigenvalue weighted by Crippen LogP contribution is 2.11. The van der Waals surface area contributed by atoms with Gasteiger partial charge >= 0.3 is 0 Å². The quantitative estimate of drug-likeness (QED) is 0.729. The predicted molar refractivity (Wildman–Crippen MR) is 89.2 cm³/mol. The second kappa shape index (κ2) is 7.08. The Balaban J connectivity index is 1.69. The molecule has 6 nitrogen and oxygen atoms in total. The number of aromatic amines is 1. The molecule has 0 amide bonds. The van der Waals surface area contributed by atoms with Crippen LogP contribution in [-0.2, 0) is 13.0 Å². The van der Waals surface area contributed by atoms with E-state index in [1.165, 1.54) is 18.2 Å². The van der Waals surface area contributed by atoms with E-state index in [0.717, 1.165) is 5.56 Å². The third-order valence-electron chi connectivity index (χ3n) is 3.65. The van der Waals surface area contributed by atoms with Gasteiger partial charge in [-0.25, -0.2) is 9.37 Å². The first-order valence-electron chi connectivity index (χ1n) is 7.68. The molecule has 0 spiro atoms. The summed E-state index contributed by atoms with van der Waals surface area (Å²) in [7, 11) is 0. The number of halogens is 1. The summed E-state index contributed by atoms with van der Waals surface area (Å²) >= 11 is 0. The lowest BCUT2D eigenvalue weighted by Crippen LogP contribution is -2.16. The Morgan fingerprint density at radius 3 is 2.83 bits per heavy atom. The van der Waals surface area contributed by atoms with Crippen molar-refractivity contribution in [2.24, 2.45) is 0 Å². The van der Waals surface area contributed by atoms with Gasteiger partial charge in [0.15, 0.2) is 0 Å². The van der Waals surface area contributed by atoms with Crippen molar-refractivity contribution in [3.8, 4) is 0 Å². The first-order chi connectivity index (χ1) is 11.6. The van der Waals surface area contributed by atoms with Gasteiger partial charge < -0.3 is 5.32 Å². The fourth-order valence-electron chi connectivity index (χ4n) is 2.42. The van der Waals surface area contributed by atoms with Crippen LogP contribution in [-0.4, -0.2) is 19.7 Å². The smallest absolute Gasteiger partial charge is 0.252 e. The van der Waals surface area contributed by atoms with Gasteiger partial charge in [-0.2, -0.15) is 5.10 Å². The molecule has 1 aromatic carbocycles. The zero-order chi connectivity index (χ0) is 16.9. The van der Waals surface area contributed by atoms with Crippen LogP contribution in [0.25, 0.3) is 0 Å². The normalized spacial score (nSPS) is 12.1. The molecule has 24 heavy (non-hydrogen) atoms. The largest absolute Gasteiger partial charge is 0.352 e. The number of anilines is 1. The maximum Gasteiger partial charge on any atom is 0.252 e. The van der Waals surface area contributed by atoms with Crippen molar-refractivity contribution in [1.82, 2.24) is 19.7 Å². The van der Waals surface area contributed by atoms with E-state index in [2.05, 4.69) is 20.4 Å². The van der Waals surface area contributed by atoms with Gasteiger partial charge in [-0.3, -0.25) is 14.5 Å². The molecule has 0 aliphatic heterocycles. The third kappa shape index (κ3) is 4.07. The Hall–Kier alpha value is -2.96. The summed E-state index contributed by atoms with van der Waals surface area (Å²) in [5.41, 5.74) is 1.37. The Labute approximate surface area is 138 Å². The van der Waals surface area contributed by atoms with Gasteiger partial charge in [0.05, 0.1) is 11.7 Å². The maximum atomic E-state index is 12.9. The van der Waals surface area contributed by atoms with Crippen LogP contribution in [0.5, 0.6) is 0 Å². The molecule has 0 fully saturated rings. The van der Waals surface area contributed by atoms with Crippen LogP contribution in [0.4, 0.5) is 10.3 Å². The lowest BCUT2D eigenvalue weighted by Gasteiger charge is -2.12. The fourth-order valence-corrected chi connectivity index (χ4v) is 2.42.